The van der Waals surface area contributed by atoms with E-state index >= 15 is 0 Å². The van der Waals surface area contributed by atoms with Crippen molar-refractivity contribution in [3.05, 3.63) is 54.1 Å². The fourth-order valence-corrected chi connectivity index (χ4v) is 3.63. The second-order valence-corrected chi connectivity index (χ2v) is 7.36. The predicted molar refractivity (Wildman–Crippen MR) is 121 cm³/mol. The van der Waals surface area contributed by atoms with Crippen molar-refractivity contribution in [1.82, 2.24) is 4.90 Å². The Bertz CT molecular complexity index is 832. The molecule has 0 amide bonds. The van der Waals surface area contributed by atoms with E-state index < -0.39 is 6.10 Å². The van der Waals surface area contributed by atoms with E-state index in [4.69, 9.17) is 14.2 Å². The summed E-state index contributed by atoms with van der Waals surface area (Å²) in [5, 5.41) is 10.5. The molecule has 1 heterocycles. The van der Waals surface area contributed by atoms with Crippen molar-refractivity contribution in [3.8, 4) is 17.2 Å². The molecule has 1 aliphatic heterocycles. The molecule has 0 aromatic heterocycles. The topological polar surface area (TPSA) is 54.4 Å². The van der Waals surface area contributed by atoms with Crippen LogP contribution in [0, 0.1) is 0 Å². The highest BCUT2D eigenvalue weighted by Gasteiger charge is 2.20. The molecule has 162 valence electrons. The van der Waals surface area contributed by atoms with Gasteiger partial charge in [0.2, 0.25) is 0 Å². The zero-order chi connectivity index (χ0) is 21.3. The number of nitrogens with zero attached hydrogens (tertiary/aromatic N) is 2. The number of benzene rings is 2. The number of hydrogen-bond acceptors (Lipinski definition) is 6. The van der Waals surface area contributed by atoms with E-state index in [1.807, 2.05) is 49.4 Å². The van der Waals surface area contributed by atoms with Crippen molar-refractivity contribution in [2.75, 3.05) is 58.5 Å². The fourth-order valence-electron chi connectivity index (χ4n) is 3.63. The summed E-state index contributed by atoms with van der Waals surface area (Å²) in [6, 6.07) is 13.9. The lowest BCUT2D eigenvalue weighted by Crippen LogP contribution is -2.49. The van der Waals surface area contributed by atoms with Crippen molar-refractivity contribution < 1.29 is 19.3 Å². The molecule has 30 heavy (non-hydrogen) atoms. The van der Waals surface area contributed by atoms with Gasteiger partial charge in [0.05, 0.1) is 14.2 Å². The highest BCUT2D eigenvalue weighted by atomic mass is 16.5. The Morgan fingerprint density at radius 2 is 1.80 bits per heavy atom. The highest BCUT2D eigenvalue weighted by Crippen LogP contribution is 2.29. The molecule has 3 rings (SSSR count). The molecule has 2 aromatic carbocycles. The summed E-state index contributed by atoms with van der Waals surface area (Å²) in [4.78, 5) is 4.62. The van der Waals surface area contributed by atoms with Crippen LogP contribution in [-0.4, -0.2) is 69.7 Å². The van der Waals surface area contributed by atoms with Crippen LogP contribution in [0.1, 0.15) is 12.5 Å². The molecule has 0 spiro atoms. The molecule has 6 heteroatoms. The maximum atomic E-state index is 10.5. The summed E-state index contributed by atoms with van der Waals surface area (Å²) in [6.07, 6.45) is 3.42. The number of aliphatic hydroxyl groups is 1. The average Bonchev–Trinajstić information content (AvgIpc) is 2.79. The van der Waals surface area contributed by atoms with E-state index in [0.717, 1.165) is 37.5 Å². The van der Waals surface area contributed by atoms with Gasteiger partial charge in [0.15, 0.2) is 11.5 Å². The number of rotatable bonds is 9. The molecule has 1 fully saturated rings. The standard InChI is InChI=1S/C24H32N2O4/c1-4-6-19-9-10-23(24(15-19)29-3)30-18-21(27)17-25-11-13-26(14-12-25)20-7-5-8-22(16-20)28-2/h4-10,15-16,21,27H,11-14,17-18H2,1-3H3. The van der Waals surface area contributed by atoms with Crippen LogP contribution in [0.4, 0.5) is 5.69 Å². The maximum absolute atomic E-state index is 10.5. The molecular weight excluding hydrogens is 380 g/mol. The van der Waals surface area contributed by atoms with E-state index in [1.165, 1.54) is 5.69 Å². The van der Waals surface area contributed by atoms with Gasteiger partial charge < -0.3 is 24.2 Å². The molecule has 1 aliphatic rings. The largest absolute Gasteiger partial charge is 0.497 e. The first-order valence-electron chi connectivity index (χ1n) is 10.4. The Labute approximate surface area is 179 Å². The van der Waals surface area contributed by atoms with Crippen LogP contribution in [-0.2, 0) is 0 Å². The molecule has 1 N–H and O–H groups in total. The third-order valence-electron chi connectivity index (χ3n) is 5.24. The zero-order valence-electron chi connectivity index (χ0n) is 18.1. The Morgan fingerprint density at radius 3 is 2.50 bits per heavy atom. The molecule has 0 aliphatic carbocycles. The first-order chi connectivity index (χ1) is 14.6. The lowest BCUT2D eigenvalue weighted by Gasteiger charge is -2.37. The first kappa shape index (κ1) is 22.0. The van der Waals surface area contributed by atoms with Crippen molar-refractivity contribution in [2.45, 2.75) is 13.0 Å². The minimum absolute atomic E-state index is 0.232. The minimum atomic E-state index is -0.562. The second-order valence-electron chi connectivity index (χ2n) is 7.36. The van der Waals surface area contributed by atoms with Crippen LogP contribution in [0.5, 0.6) is 17.2 Å². The predicted octanol–water partition coefficient (Wildman–Crippen LogP) is 3.30. The van der Waals surface area contributed by atoms with Gasteiger partial charge in [-0.15, -0.1) is 0 Å². The van der Waals surface area contributed by atoms with Crippen molar-refractivity contribution in [3.63, 3.8) is 0 Å². The number of ether oxygens (including phenoxy) is 3. The van der Waals surface area contributed by atoms with Crippen LogP contribution in [0.25, 0.3) is 6.08 Å². The van der Waals surface area contributed by atoms with Gasteiger partial charge in [-0.2, -0.15) is 0 Å². The van der Waals surface area contributed by atoms with Gasteiger partial charge in [-0.3, -0.25) is 4.90 Å². The van der Waals surface area contributed by atoms with Crippen LogP contribution in [0.3, 0.4) is 0 Å². The number of aliphatic hydroxyl groups excluding tert-OH is 1. The number of anilines is 1. The molecule has 1 unspecified atom stereocenters. The van der Waals surface area contributed by atoms with E-state index in [1.54, 1.807) is 14.2 Å². The lowest BCUT2D eigenvalue weighted by atomic mass is 10.2. The SMILES string of the molecule is CC=Cc1ccc(OCC(O)CN2CCN(c3cccc(OC)c3)CC2)c(OC)c1. The molecule has 0 saturated carbocycles. The van der Waals surface area contributed by atoms with Crippen molar-refractivity contribution >= 4 is 11.8 Å². The van der Waals surface area contributed by atoms with Crippen LogP contribution in [0.15, 0.2) is 48.5 Å². The van der Waals surface area contributed by atoms with E-state index in [2.05, 4.69) is 21.9 Å². The van der Waals surface area contributed by atoms with Crippen molar-refractivity contribution in [2.24, 2.45) is 0 Å². The summed E-state index contributed by atoms with van der Waals surface area (Å²) in [7, 11) is 3.31. The van der Waals surface area contributed by atoms with E-state index in [-0.39, 0.29) is 6.61 Å². The molecular formula is C24H32N2O4. The van der Waals surface area contributed by atoms with E-state index in [0.29, 0.717) is 18.0 Å². The number of hydrogen-bond donors (Lipinski definition) is 1. The number of allylic oxidation sites excluding steroid dienone is 1. The third kappa shape index (κ3) is 5.90. The summed E-state index contributed by atoms with van der Waals surface area (Å²) in [5.41, 5.74) is 2.22. The minimum Gasteiger partial charge on any atom is -0.497 e. The summed E-state index contributed by atoms with van der Waals surface area (Å²) in [6.45, 7) is 6.43. The van der Waals surface area contributed by atoms with Gasteiger partial charge in [-0.25, -0.2) is 0 Å². The Hall–Kier alpha value is -2.70. The summed E-state index contributed by atoms with van der Waals surface area (Å²) >= 11 is 0. The van der Waals surface area contributed by atoms with Crippen LogP contribution < -0.4 is 19.1 Å². The van der Waals surface area contributed by atoms with Gasteiger partial charge in [-0.1, -0.05) is 24.3 Å². The zero-order valence-corrected chi connectivity index (χ0v) is 18.1. The smallest absolute Gasteiger partial charge is 0.161 e. The summed E-state index contributed by atoms with van der Waals surface area (Å²) in [5.74, 6) is 2.19. The van der Waals surface area contributed by atoms with Crippen molar-refractivity contribution in [1.29, 1.82) is 0 Å². The molecule has 2 aromatic rings. The van der Waals surface area contributed by atoms with Crippen LogP contribution >= 0.6 is 0 Å². The first-order valence-corrected chi connectivity index (χ1v) is 10.4. The number of piperazine rings is 1. The molecule has 1 atom stereocenters. The Kier molecular flexibility index (Phi) is 7.99. The Balaban J connectivity index is 1.46. The van der Waals surface area contributed by atoms with Gasteiger partial charge in [0, 0.05) is 44.5 Å². The quantitative estimate of drug-likeness (QED) is 0.682. The number of β-amino-alcohol motifs (C(OH)–C–C–N with tert-alkyl or cyclic N) is 1. The second kappa shape index (κ2) is 10.9. The fraction of sp³-hybridized carbons (Fsp3) is 0.417. The van der Waals surface area contributed by atoms with Gasteiger partial charge >= 0.3 is 0 Å². The lowest BCUT2D eigenvalue weighted by molar-refractivity contribution is 0.0653. The third-order valence-corrected chi connectivity index (χ3v) is 5.24. The number of methoxy groups -OCH3 is 2. The molecule has 0 bridgehead atoms. The molecule has 0 radical (unpaired) electrons. The monoisotopic (exact) mass is 412 g/mol. The maximum Gasteiger partial charge on any atom is 0.161 e. The van der Waals surface area contributed by atoms with Crippen LogP contribution in [0.2, 0.25) is 0 Å². The van der Waals surface area contributed by atoms with E-state index in [9.17, 15) is 5.11 Å². The molecule has 6 nitrogen and oxygen atoms in total. The average molecular weight is 413 g/mol. The normalized spacial score (nSPS) is 15.9. The van der Waals surface area contributed by atoms with Gasteiger partial charge in [-0.05, 0) is 36.8 Å². The highest BCUT2D eigenvalue weighted by molar-refractivity contribution is 5.55. The Morgan fingerprint density at radius 1 is 1.00 bits per heavy atom. The van der Waals surface area contributed by atoms with Gasteiger partial charge in [0.1, 0.15) is 18.5 Å². The van der Waals surface area contributed by atoms with Gasteiger partial charge in [0.25, 0.3) is 0 Å². The summed E-state index contributed by atoms with van der Waals surface area (Å²) < 4.78 is 16.6. The molecule has 1 saturated heterocycles.